The number of amides is 3. The van der Waals surface area contributed by atoms with E-state index < -0.39 is 30.7 Å². The van der Waals surface area contributed by atoms with Crippen molar-refractivity contribution in [1.82, 2.24) is 4.90 Å². The molecule has 0 radical (unpaired) electrons. The monoisotopic (exact) mass is 245 g/mol. The van der Waals surface area contributed by atoms with Crippen LogP contribution in [0.15, 0.2) is 0 Å². The number of carbonyl (C=O) groups excluding carboxylic acids is 2. The van der Waals surface area contributed by atoms with Crippen LogP contribution in [0.25, 0.3) is 0 Å². The molecule has 3 amide bonds. The maximum absolute atomic E-state index is 13.3. The fourth-order valence-electron chi connectivity index (χ4n) is 1.48. The minimum Gasteiger partial charge on any atom is -0.350 e. The third kappa shape index (κ3) is 4.34. The van der Waals surface area contributed by atoms with Gasteiger partial charge in [-0.05, 0) is 18.8 Å². The van der Waals surface area contributed by atoms with E-state index in [1.54, 1.807) is 0 Å². The third-order valence-electron chi connectivity index (χ3n) is 2.56. The summed E-state index contributed by atoms with van der Waals surface area (Å²) < 4.78 is 26.5. The van der Waals surface area contributed by atoms with E-state index in [2.05, 4.69) is 0 Å². The average Bonchev–Trinajstić information content (AvgIpc) is 2.98. The van der Waals surface area contributed by atoms with Crippen molar-refractivity contribution in [3.8, 4) is 6.19 Å². The first-order valence-corrected chi connectivity index (χ1v) is 5.25. The molecule has 1 aliphatic carbocycles. The molecule has 0 unspecified atom stereocenters. The quantitative estimate of drug-likeness (QED) is 0.589. The van der Waals surface area contributed by atoms with Crippen LogP contribution in [0, 0.1) is 17.4 Å². The Bertz CT molecular complexity index is 361. The normalized spacial score (nSPS) is 15.1. The third-order valence-corrected chi connectivity index (χ3v) is 2.56. The smallest absolute Gasteiger partial charge is 0.335 e. The second kappa shape index (κ2) is 5.08. The van der Waals surface area contributed by atoms with Crippen molar-refractivity contribution in [2.75, 3.05) is 0 Å². The first-order chi connectivity index (χ1) is 7.85. The van der Waals surface area contributed by atoms with Crippen LogP contribution in [0.1, 0.15) is 32.1 Å². The molecule has 5 nitrogen and oxygen atoms in total. The number of nitrogens with two attached hydrogens (primary N) is 1. The van der Waals surface area contributed by atoms with Gasteiger partial charge in [0, 0.05) is 19.3 Å². The molecular weight excluding hydrogens is 232 g/mol. The summed E-state index contributed by atoms with van der Waals surface area (Å²) in [6, 6.07) is -1.25. The van der Waals surface area contributed by atoms with Gasteiger partial charge in [-0.2, -0.15) is 10.2 Å². The van der Waals surface area contributed by atoms with Gasteiger partial charge in [-0.25, -0.2) is 13.6 Å². The highest BCUT2D eigenvalue weighted by Gasteiger charge is 2.37. The minimum absolute atomic E-state index is 0.0447. The van der Waals surface area contributed by atoms with Crippen LogP contribution in [-0.2, 0) is 4.79 Å². The Labute approximate surface area is 97.2 Å². The van der Waals surface area contributed by atoms with Gasteiger partial charge in [-0.15, -0.1) is 0 Å². The van der Waals surface area contributed by atoms with Gasteiger partial charge in [0.25, 0.3) is 0 Å². The number of carbonyl (C=O) groups is 2. The molecule has 94 valence electrons. The minimum atomic E-state index is -2.92. The predicted octanol–water partition coefficient (Wildman–Crippen LogP) is 1.59. The van der Waals surface area contributed by atoms with E-state index >= 15 is 0 Å². The van der Waals surface area contributed by atoms with E-state index in [9.17, 15) is 18.4 Å². The summed E-state index contributed by atoms with van der Waals surface area (Å²) in [4.78, 5) is 21.9. The number of hydrogen-bond donors (Lipinski definition) is 1. The number of primary amides is 1. The van der Waals surface area contributed by atoms with Crippen LogP contribution >= 0.6 is 0 Å². The molecule has 1 saturated carbocycles. The zero-order valence-electron chi connectivity index (χ0n) is 9.16. The fraction of sp³-hybridized carbons (Fsp3) is 0.700. The second-order valence-corrected chi connectivity index (χ2v) is 4.17. The maximum Gasteiger partial charge on any atom is 0.335 e. The Hall–Kier alpha value is -1.71. The van der Waals surface area contributed by atoms with Crippen molar-refractivity contribution in [2.45, 2.75) is 38.0 Å². The summed E-state index contributed by atoms with van der Waals surface area (Å²) in [5.74, 6) is -3.87. The lowest BCUT2D eigenvalue weighted by Gasteiger charge is -2.16. The van der Waals surface area contributed by atoms with Crippen molar-refractivity contribution in [2.24, 2.45) is 11.7 Å². The lowest BCUT2D eigenvalue weighted by molar-refractivity contribution is -0.128. The SMILES string of the molecule is N#CN(C(N)=O)C(=O)CCC(F)(F)CC1CC1. The van der Waals surface area contributed by atoms with E-state index in [1.165, 1.54) is 6.19 Å². The van der Waals surface area contributed by atoms with E-state index in [-0.39, 0.29) is 17.2 Å². The van der Waals surface area contributed by atoms with Crippen LogP contribution in [0.3, 0.4) is 0 Å². The molecule has 0 aromatic rings. The summed E-state index contributed by atoms with van der Waals surface area (Å²) in [6.45, 7) is 0. The van der Waals surface area contributed by atoms with E-state index in [0.29, 0.717) is 0 Å². The number of urea groups is 1. The van der Waals surface area contributed by atoms with Gasteiger partial charge in [0.2, 0.25) is 11.8 Å². The van der Waals surface area contributed by atoms with E-state index in [0.717, 1.165) is 12.8 Å². The molecular formula is C10H13F2N3O2. The number of nitriles is 1. The predicted molar refractivity (Wildman–Crippen MR) is 53.6 cm³/mol. The number of alkyl halides is 2. The Morgan fingerprint density at radius 1 is 1.47 bits per heavy atom. The fourth-order valence-corrected chi connectivity index (χ4v) is 1.48. The molecule has 0 aromatic carbocycles. The molecule has 0 spiro atoms. The summed E-state index contributed by atoms with van der Waals surface area (Å²) in [6.07, 6.45) is 1.41. The molecule has 0 saturated heterocycles. The molecule has 1 rings (SSSR count). The van der Waals surface area contributed by atoms with Gasteiger partial charge < -0.3 is 5.73 Å². The highest BCUT2D eigenvalue weighted by molar-refractivity contribution is 5.95. The van der Waals surface area contributed by atoms with Crippen molar-refractivity contribution < 1.29 is 18.4 Å². The largest absolute Gasteiger partial charge is 0.350 e. The summed E-state index contributed by atoms with van der Waals surface area (Å²) >= 11 is 0. The Morgan fingerprint density at radius 2 is 2.06 bits per heavy atom. The van der Waals surface area contributed by atoms with Crippen molar-refractivity contribution in [3.63, 3.8) is 0 Å². The molecule has 0 heterocycles. The first-order valence-electron chi connectivity index (χ1n) is 5.25. The van der Waals surface area contributed by atoms with E-state index in [1.807, 2.05) is 0 Å². The lowest BCUT2D eigenvalue weighted by atomic mass is 10.1. The van der Waals surface area contributed by atoms with Gasteiger partial charge in [0.15, 0.2) is 6.19 Å². The number of imide groups is 1. The summed E-state index contributed by atoms with van der Waals surface area (Å²) in [7, 11) is 0. The summed E-state index contributed by atoms with van der Waals surface area (Å²) in [5.41, 5.74) is 4.73. The molecule has 0 atom stereocenters. The van der Waals surface area contributed by atoms with Gasteiger partial charge in [0.05, 0.1) is 0 Å². The average molecular weight is 245 g/mol. The Kier molecular flexibility index (Phi) is 3.99. The number of nitrogens with zero attached hydrogens (tertiary/aromatic N) is 2. The molecule has 2 N–H and O–H groups in total. The van der Waals surface area contributed by atoms with Gasteiger partial charge >= 0.3 is 6.03 Å². The van der Waals surface area contributed by atoms with Gasteiger partial charge in [-0.3, -0.25) is 4.79 Å². The van der Waals surface area contributed by atoms with Gasteiger partial charge in [0.1, 0.15) is 0 Å². The van der Waals surface area contributed by atoms with Crippen molar-refractivity contribution in [3.05, 3.63) is 0 Å². The number of rotatable bonds is 5. The molecule has 0 aromatic heterocycles. The number of hydrogen-bond acceptors (Lipinski definition) is 3. The zero-order chi connectivity index (χ0) is 13.1. The maximum atomic E-state index is 13.3. The van der Waals surface area contributed by atoms with E-state index in [4.69, 9.17) is 11.0 Å². The molecule has 1 fully saturated rings. The molecule has 0 aliphatic heterocycles. The van der Waals surface area contributed by atoms with Crippen molar-refractivity contribution >= 4 is 11.9 Å². The lowest BCUT2D eigenvalue weighted by Crippen LogP contribution is -2.37. The van der Waals surface area contributed by atoms with Crippen LogP contribution in [0.5, 0.6) is 0 Å². The highest BCUT2D eigenvalue weighted by atomic mass is 19.3. The summed E-state index contributed by atoms with van der Waals surface area (Å²) in [5, 5.41) is 8.42. The topological polar surface area (TPSA) is 87.2 Å². The zero-order valence-corrected chi connectivity index (χ0v) is 9.16. The van der Waals surface area contributed by atoms with Crippen LogP contribution in [0.2, 0.25) is 0 Å². The Balaban J connectivity index is 2.40. The second-order valence-electron chi connectivity index (χ2n) is 4.17. The van der Waals surface area contributed by atoms with Gasteiger partial charge in [-0.1, -0.05) is 0 Å². The van der Waals surface area contributed by atoms with Crippen LogP contribution in [0.4, 0.5) is 13.6 Å². The molecule has 7 heteroatoms. The highest BCUT2D eigenvalue weighted by Crippen LogP contribution is 2.40. The molecule has 0 bridgehead atoms. The van der Waals surface area contributed by atoms with Crippen LogP contribution < -0.4 is 5.73 Å². The standard InChI is InChI=1S/C10H13F2N3O2/c11-10(12,5-7-1-2-7)4-3-8(16)15(6-13)9(14)17/h7H,1-5H2,(H2,14,17). The Morgan fingerprint density at radius 3 is 2.47 bits per heavy atom. The van der Waals surface area contributed by atoms with Crippen molar-refractivity contribution in [1.29, 1.82) is 5.26 Å². The molecule has 1 aliphatic rings. The molecule has 17 heavy (non-hydrogen) atoms. The van der Waals surface area contributed by atoms with Crippen LogP contribution in [-0.4, -0.2) is 22.8 Å². The first kappa shape index (κ1) is 13.4. The number of halogens is 2.